The SMILES string of the molecule is CC(C)(C)Cc1nn(C(C)(C)C)c(N)c1I. The molecular formula is C12H22IN3. The Labute approximate surface area is 112 Å². The van der Waals surface area contributed by atoms with Crippen LogP contribution in [0.3, 0.4) is 0 Å². The van der Waals surface area contributed by atoms with E-state index >= 15 is 0 Å². The average Bonchev–Trinajstić information content (AvgIpc) is 2.28. The van der Waals surface area contributed by atoms with Crippen molar-refractivity contribution < 1.29 is 0 Å². The third-order valence-corrected chi connectivity index (χ3v) is 3.44. The van der Waals surface area contributed by atoms with Gasteiger partial charge >= 0.3 is 0 Å². The fourth-order valence-corrected chi connectivity index (χ4v) is 2.11. The summed E-state index contributed by atoms with van der Waals surface area (Å²) in [6, 6.07) is 0. The number of nitrogen functional groups attached to an aromatic ring is 1. The fourth-order valence-electron chi connectivity index (χ4n) is 1.59. The lowest BCUT2D eigenvalue weighted by molar-refractivity contribution is 0.350. The number of halogens is 1. The molecule has 16 heavy (non-hydrogen) atoms. The van der Waals surface area contributed by atoms with Crippen molar-refractivity contribution in [2.75, 3.05) is 5.73 Å². The van der Waals surface area contributed by atoms with E-state index in [0.29, 0.717) is 0 Å². The highest BCUT2D eigenvalue weighted by Crippen LogP contribution is 2.29. The van der Waals surface area contributed by atoms with Crippen LogP contribution in [0.15, 0.2) is 0 Å². The molecule has 0 aromatic carbocycles. The summed E-state index contributed by atoms with van der Waals surface area (Å²) in [7, 11) is 0. The molecule has 0 amide bonds. The number of rotatable bonds is 1. The summed E-state index contributed by atoms with van der Waals surface area (Å²) in [6.45, 7) is 13.0. The van der Waals surface area contributed by atoms with Crippen LogP contribution in [0.5, 0.6) is 0 Å². The predicted octanol–water partition coefficient (Wildman–Crippen LogP) is 3.41. The summed E-state index contributed by atoms with van der Waals surface area (Å²) >= 11 is 2.30. The predicted molar refractivity (Wildman–Crippen MR) is 77.5 cm³/mol. The van der Waals surface area contributed by atoms with Gasteiger partial charge in [0.25, 0.3) is 0 Å². The van der Waals surface area contributed by atoms with E-state index in [1.807, 2.05) is 4.68 Å². The molecule has 3 nitrogen and oxygen atoms in total. The molecule has 1 rings (SSSR count). The number of hydrogen-bond donors (Lipinski definition) is 1. The second kappa shape index (κ2) is 4.20. The topological polar surface area (TPSA) is 43.8 Å². The van der Waals surface area contributed by atoms with Crippen molar-refractivity contribution in [3.63, 3.8) is 0 Å². The van der Waals surface area contributed by atoms with Gasteiger partial charge in [-0.25, -0.2) is 4.68 Å². The molecule has 1 heterocycles. The minimum atomic E-state index is -0.0554. The third-order valence-electron chi connectivity index (χ3n) is 2.26. The Morgan fingerprint density at radius 3 is 2.00 bits per heavy atom. The first-order chi connectivity index (χ1) is 7.02. The second-order valence-corrected chi connectivity index (χ2v) is 7.54. The molecule has 0 fully saturated rings. The zero-order valence-corrected chi connectivity index (χ0v) is 13.2. The van der Waals surface area contributed by atoms with E-state index in [9.17, 15) is 0 Å². The number of aromatic nitrogens is 2. The standard InChI is InChI=1S/C12H22IN3/c1-11(2,3)7-8-9(13)10(14)16(15-8)12(4,5)6/h7,14H2,1-6H3. The number of hydrogen-bond acceptors (Lipinski definition) is 2. The molecule has 1 aromatic rings. The highest BCUT2D eigenvalue weighted by molar-refractivity contribution is 14.1. The minimum Gasteiger partial charge on any atom is -0.383 e. The van der Waals surface area contributed by atoms with E-state index in [0.717, 1.165) is 21.5 Å². The lowest BCUT2D eigenvalue weighted by atomic mass is 9.91. The smallest absolute Gasteiger partial charge is 0.136 e. The molecule has 0 saturated heterocycles. The number of nitrogens with two attached hydrogens (primary N) is 1. The molecular weight excluding hydrogens is 313 g/mol. The maximum absolute atomic E-state index is 6.10. The molecule has 0 saturated carbocycles. The Bertz CT molecular complexity index is 380. The van der Waals surface area contributed by atoms with Gasteiger partial charge in [0, 0.05) is 0 Å². The van der Waals surface area contributed by atoms with E-state index in [2.05, 4.69) is 69.2 Å². The molecule has 2 N–H and O–H groups in total. The largest absolute Gasteiger partial charge is 0.383 e. The van der Waals surface area contributed by atoms with Crippen LogP contribution >= 0.6 is 22.6 Å². The summed E-state index contributed by atoms with van der Waals surface area (Å²) < 4.78 is 3.03. The van der Waals surface area contributed by atoms with Gasteiger partial charge in [-0.3, -0.25) is 0 Å². The number of anilines is 1. The van der Waals surface area contributed by atoms with Crippen LogP contribution in [0.25, 0.3) is 0 Å². The second-order valence-electron chi connectivity index (χ2n) is 6.47. The number of nitrogens with zero attached hydrogens (tertiary/aromatic N) is 2. The molecule has 0 radical (unpaired) electrons. The normalized spacial score (nSPS) is 13.2. The van der Waals surface area contributed by atoms with Crippen LogP contribution in [0, 0.1) is 8.99 Å². The monoisotopic (exact) mass is 335 g/mol. The quantitative estimate of drug-likeness (QED) is 0.800. The fraction of sp³-hybridized carbons (Fsp3) is 0.750. The molecule has 0 unspecified atom stereocenters. The van der Waals surface area contributed by atoms with Crippen molar-refractivity contribution in [3.8, 4) is 0 Å². The van der Waals surface area contributed by atoms with Crippen LogP contribution < -0.4 is 5.73 Å². The average molecular weight is 335 g/mol. The van der Waals surface area contributed by atoms with Gasteiger partial charge in [-0.05, 0) is 55.2 Å². The zero-order chi connectivity index (χ0) is 12.7. The first-order valence-corrected chi connectivity index (χ1v) is 6.63. The first-order valence-electron chi connectivity index (χ1n) is 5.56. The molecule has 92 valence electrons. The highest BCUT2D eigenvalue weighted by atomic mass is 127. The van der Waals surface area contributed by atoms with Gasteiger partial charge in [-0.15, -0.1) is 0 Å². The molecule has 0 bridgehead atoms. The van der Waals surface area contributed by atoms with Crippen LogP contribution in [-0.4, -0.2) is 9.78 Å². The molecule has 1 aromatic heterocycles. The Kier molecular flexibility index (Phi) is 3.62. The van der Waals surface area contributed by atoms with Crippen molar-refractivity contribution in [2.45, 2.75) is 53.5 Å². The summed E-state index contributed by atoms with van der Waals surface area (Å²) in [5.74, 6) is 0.785. The Hall–Kier alpha value is -0.260. The van der Waals surface area contributed by atoms with Crippen molar-refractivity contribution >= 4 is 28.4 Å². The summed E-state index contributed by atoms with van der Waals surface area (Å²) in [5, 5.41) is 4.65. The van der Waals surface area contributed by atoms with Crippen molar-refractivity contribution in [1.29, 1.82) is 0 Å². The van der Waals surface area contributed by atoms with E-state index in [4.69, 9.17) is 5.73 Å². The Morgan fingerprint density at radius 2 is 1.69 bits per heavy atom. The molecule has 4 heteroatoms. The zero-order valence-electron chi connectivity index (χ0n) is 11.1. The van der Waals surface area contributed by atoms with Crippen LogP contribution in [-0.2, 0) is 12.0 Å². The lowest BCUT2D eigenvalue weighted by Gasteiger charge is -2.21. The molecule has 0 atom stereocenters. The molecule has 0 aliphatic heterocycles. The van der Waals surface area contributed by atoms with E-state index in [1.54, 1.807) is 0 Å². The van der Waals surface area contributed by atoms with Gasteiger partial charge in [-0.2, -0.15) is 5.10 Å². The third kappa shape index (κ3) is 3.12. The lowest BCUT2D eigenvalue weighted by Crippen LogP contribution is -2.25. The summed E-state index contributed by atoms with van der Waals surface area (Å²) in [4.78, 5) is 0. The Balaban J connectivity index is 3.16. The maximum atomic E-state index is 6.10. The Morgan fingerprint density at radius 1 is 1.19 bits per heavy atom. The van der Waals surface area contributed by atoms with Crippen LogP contribution in [0.4, 0.5) is 5.82 Å². The summed E-state index contributed by atoms with van der Waals surface area (Å²) in [6.07, 6.45) is 0.957. The van der Waals surface area contributed by atoms with Gasteiger partial charge in [0.1, 0.15) is 5.82 Å². The van der Waals surface area contributed by atoms with Crippen LogP contribution in [0.2, 0.25) is 0 Å². The van der Waals surface area contributed by atoms with Gasteiger partial charge in [0.2, 0.25) is 0 Å². The minimum absolute atomic E-state index is 0.0554. The highest BCUT2D eigenvalue weighted by Gasteiger charge is 2.24. The van der Waals surface area contributed by atoms with Crippen LogP contribution in [0.1, 0.15) is 47.2 Å². The van der Waals surface area contributed by atoms with Gasteiger partial charge in [0.05, 0.1) is 14.8 Å². The van der Waals surface area contributed by atoms with E-state index < -0.39 is 0 Å². The molecule has 0 spiro atoms. The van der Waals surface area contributed by atoms with E-state index in [-0.39, 0.29) is 11.0 Å². The maximum Gasteiger partial charge on any atom is 0.136 e. The van der Waals surface area contributed by atoms with Crippen molar-refractivity contribution in [2.24, 2.45) is 5.41 Å². The van der Waals surface area contributed by atoms with Gasteiger partial charge < -0.3 is 5.73 Å². The van der Waals surface area contributed by atoms with Gasteiger partial charge in [-0.1, -0.05) is 20.8 Å². The summed E-state index contributed by atoms with van der Waals surface area (Å²) in [5.41, 5.74) is 7.40. The van der Waals surface area contributed by atoms with Crippen molar-refractivity contribution in [3.05, 3.63) is 9.26 Å². The van der Waals surface area contributed by atoms with E-state index in [1.165, 1.54) is 0 Å². The molecule has 0 aliphatic rings. The van der Waals surface area contributed by atoms with Gasteiger partial charge in [0.15, 0.2) is 0 Å². The van der Waals surface area contributed by atoms with Crippen molar-refractivity contribution in [1.82, 2.24) is 9.78 Å². The first kappa shape index (κ1) is 13.8. The molecule has 0 aliphatic carbocycles.